The highest BCUT2D eigenvalue weighted by Crippen LogP contribution is 2.26. The molecular weight excluding hydrogens is 224 g/mol. The number of rotatable bonds is 3. The lowest BCUT2D eigenvalue weighted by Gasteiger charge is -2.23. The minimum atomic E-state index is 0.157. The smallest absolute Gasteiger partial charge is 0.143 e. The highest BCUT2D eigenvalue weighted by molar-refractivity contribution is 5.83. The maximum atomic E-state index is 12.2. The SMILES string of the molecule is O=C(Cc1ncc[nH]1)C1CCc2ccccc2C1. The highest BCUT2D eigenvalue weighted by atomic mass is 16.1. The number of imidazole rings is 1. The average Bonchev–Trinajstić information content (AvgIpc) is 2.91. The van der Waals surface area contributed by atoms with Crippen LogP contribution in [0.15, 0.2) is 36.7 Å². The molecule has 0 saturated carbocycles. The van der Waals surface area contributed by atoms with Gasteiger partial charge < -0.3 is 4.98 Å². The zero-order valence-corrected chi connectivity index (χ0v) is 10.2. The van der Waals surface area contributed by atoms with Gasteiger partial charge in [-0.2, -0.15) is 0 Å². The first-order valence-corrected chi connectivity index (χ1v) is 6.40. The summed E-state index contributed by atoms with van der Waals surface area (Å²) < 4.78 is 0. The predicted molar refractivity (Wildman–Crippen MR) is 69.3 cm³/mol. The maximum Gasteiger partial charge on any atom is 0.143 e. The Morgan fingerprint density at radius 2 is 2.17 bits per heavy atom. The second-order valence-corrected chi connectivity index (χ2v) is 4.89. The maximum absolute atomic E-state index is 12.2. The van der Waals surface area contributed by atoms with E-state index in [2.05, 4.69) is 34.2 Å². The van der Waals surface area contributed by atoms with Crippen LogP contribution in [0.4, 0.5) is 0 Å². The van der Waals surface area contributed by atoms with Crippen LogP contribution in [-0.4, -0.2) is 15.8 Å². The van der Waals surface area contributed by atoms with Gasteiger partial charge in [0.1, 0.15) is 11.6 Å². The fourth-order valence-electron chi connectivity index (χ4n) is 2.68. The molecule has 0 fully saturated rings. The van der Waals surface area contributed by atoms with Gasteiger partial charge in [0.15, 0.2) is 0 Å². The van der Waals surface area contributed by atoms with Crippen LogP contribution in [0.5, 0.6) is 0 Å². The second kappa shape index (κ2) is 4.77. The molecule has 0 amide bonds. The van der Waals surface area contributed by atoms with E-state index in [0.717, 1.165) is 25.1 Å². The molecule has 0 bridgehead atoms. The van der Waals surface area contributed by atoms with E-state index in [1.807, 2.05) is 0 Å². The molecule has 0 saturated heterocycles. The van der Waals surface area contributed by atoms with Crippen LogP contribution in [0.25, 0.3) is 0 Å². The number of benzene rings is 1. The van der Waals surface area contributed by atoms with Gasteiger partial charge in [0.2, 0.25) is 0 Å². The molecule has 1 aliphatic rings. The van der Waals surface area contributed by atoms with Gasteiger partial charge in [0, 0.05) is 18.3 Å². The average molecular weight is 240 g/mol. The lowest BCUT2D eigenvalue weighted by molar-refractivity contribution is -0.122. The number of nitrogens with one attached hydrogen (secondary N) is 1. The Balaban J connectivity index is 1.70. The predicted octanol–water partition coefficient (Wildman–Crippen LogP) is 2.33. The summed E-state index contributed by atoms with van der Waals surface area (Å²) in [4.78, 5) is 19.3. The number of hydrogen-bond donors (Lipinski definition) is 1. The largest absolute Gasteiger partial charge is 0.348 e. The van der Waals surface area contributed by atoms with Crippen LogP contribution in [0.2, 0.25) is 0 Å². The number of ketones is 1. The van der Waals surface area contributed by atoms with Gasteiger partial charge in [-0.3, -0.25) is 4.79 Å². The Kier molecular flexibility index (Phi) is 2.97. The van der Waals surface area contributed by atoms with E-state index in [9.17, 15) is 4.79 Å². The summed E-state index contributed by atoms with van der Waals surface area (Å²) in [6, 6.07) is 8.44. The van der Waals surface area contributed by atoms with E-state index >= 15 is 0 Å². The standard InChI is InChI=1S/C15H16N2O/c18-14(10-15-16-7-8-17-15)13-6-5-11-3-1-2-4-12(11)9-13/h1-4,7-8,13H,5-6,9-10H2,(H,16,17). The van der Waals surface area contributed by atoms with Crippen molar-refractivity contribution in [2.75, 3.05) is 0 Å². The van der Waals surface area contributed by atoms with Crippen LogP contribution in [0.3, 0.4) is 0 Å². The van der Waals surface area contributed by atoms with Gasteiger partial charge in [-0.15, -0.1) is 0 Å². The third kappa shape index (κ3) is 2.21. The minimum absolute atomic E-state index is 0.157. The normalized spacial score (nSPS) is 18.3. The van der Waals surface area contributed by atoms with E-state index in [1.54, 1.807) is 12.4 Å². The fourth-order valence-corrected chi connectivity index (χ4v) is 2.68. The number of carbonyl (C=O) groups excluding carboxylic acids is 1. The van der Waals surface area contributed by atoms with E-state index in [4.69, 9.17) is 0 Å². The quantitative estimate of drug-likeness (QED) is 0.895. The number of H-pyrrole nitrogens is 1. The van der Waals surface area contributed by atoms with Crippen molar-refractivity contribution in [3.63, 3.8) is 0 Å². The van der Waals surface area contributed by atoms with Crippen LogP contribution in [0, 0.1) is 5.92 Å². The fraction of sp³-hybridized carbons (Fsp3) is 0.333. The van der Waals surface area contributed by atoms with Crippen molar-refractivity contribution >= 4 is 5.78 Å². The molecule has 1 aromatic heterocycles. The van der Waals surface area contributed by atoms with E-state index in [1.165, 1.54) is 11.1 Å². The molecule has 0 aliphatic heterocycles. The van der Waals surface area contributed by atoms with Crippen LogP contribution >= 0.6 is 0 Å². The van der Waals surface area contributed by atoms with E-state index in [0.29, 0.717) is 12.2 Å². The monoisotopic (exact) mass is 240 g/mol. The summed E-state index contributed by atoms with van der Waals surface area (Å²) in [6.07, 6.45) is 6.76. The number of nitrogens with zero attached hydrogens (tertiary/aromatic N) is 1. The first kappa shape index (κ1) is 11.2. The molecule has 3 nitrogen and oxygen atoms in total. The molecule has 2 aromatic rings. The number of aromatic amines is 1. The summed E-state index contributed by atoms with van der Waals surface area (Å²) in [5.74, 6) is 1.24. The Hall–Kier alpha value is -1.90. The van der Waals surface area contributed by atoms with E-state index < -0.39 is 0 Å². The molecule has 3 heteroatoms. The third-order valence-corrected chi connectivity index (χ3v) is 3.70. The minimum Gasteiger partial charge on any atom is -0.348 e. The zero-order valence-electron chi connectivity index (χ0n) is 10.2. The van der Waals surface area contributed by atoms with Crippen LogP contribution < -0.4 is 0 Å². The molecule has 92 valence electrons. The summed E-state index contributed by atoms with van der Waals surface area (Å²) in [5, 5.41) is 0. The van der Waals surface area contributed by atoms with Crippen molar-refractivity contribution in [3.8, 4) is 0 Å². The molecule has 1 N–H and O–H groups in total. The van der Waals surface area contributed by atoms with Crippen molar-refractivity contribution in [3.05, 3.63) is 53.6 Å². The van der Waals surface area contributed by atoms with Crippen molar-refractivity contribution in [1.82, 2.24) is 9.97 Å². The molecule has 1 heterocycles. The Morgan fingerprint density at radius 3 is 2.94 bits per heavy atom. The molecule has 1 atom stereocenters. The highest BCUT2D eigenvalue weighted by Gasteiger charge is 2.24. The van der Waals surface area contributed by atoms with Crippen molar-refractivity contribution < 1.29 is 4.79 Å². The number of hydrogen-bond acceptors (Lipinski definition) is 2. The molecule has 1 aromatic carbocycles. The molecule has 0 radical (unpaired) electrons. The van der Waals surface area contributed by atoms with Gasteiger partial charge in [-0.05, 0) is 30.4 Å². The van der Waals surface area contributed by atoms with Gasteiger partial charge in [-0.25, -0.2) is 4.98 Å². The molecule has 1 unspecified atom stereocenters. The molecule has 3 rings (SSSR count). The number of aromatic nitrogens is 2. The van der Waals surface area contributed by atoms with Crippen molar-refractivity contribution in [1.29, 1.82) is 0 Å². The Morgan fingerprint density at radius 1 is 1.33 bits per heavy atom. The summed E-state index contributed by atoms with van der Waals surface area (Å²) in [7, 11) is 0. The number of aryl methyl sites for hydroxylation is 1. The lowest BCUT2D eigenvalue weighted by Crippen LogP contribution is -2.24. The molecule has 0 spiro atoms. The zero-order chi connectivity index (χ0) is 12.4. The van der Waals surface area contributed by atoms with Crippen LogP contribution in [-0.2, 0) is 24.1 Å². The van der Waals surface area contributed by atoms with Gasteiger partial charge >= 0.3 is 0 Å². The second-order valence-electron chi connectivity index (χ2n) is 4.89. The first-order chi connectivity index (χ1) is 8.83. The number of Topliss-reactive ketones (excluding diaryl/α,β-unsaturated/α-hetero) is 1. The van der Waals surface area contributed by atoms with Crippen molar-refractivity contribution in [2.45, 2.75) is 25.7 Å². The number of carbonyl (C=O) groups is 1. The van der Waals surface area contributed by atoms with Gasteiger partial charge in [-0.1, -0.05) is 24.3 Å². The number of fused-ring (bicyclic) bond motifs is 1. The summed E-state index contributed by atoms with van der Waals surface area (Å²) in [5.41, 5.74) is 2.74. The van der Waals surface area contributed by atoms with Gasteiger partial charge in [0.25, 0.3) is 0 Å². The van der Waals surface area contributed by atoms with Crippen molar-refractivity contribution in [2.24, 2.45) is 5.92 Å². The van der Waals surface area contributed by atoms with Gasteiger partial charge in [0.05, 0.1) is 6.42 Å². The van der Waals surface area contributed by atoms with Crippen LogP contribution in [0.1, 0.15) is 23.4 Å². The molecule has 1 aliphatic carbocycles. The van der Waals surface area contributed by atoms with E-state index in [-0.39, 0.29) is 5.92 Å². The Labute approximate surface area is 106 Å². The summed E-state index contributed by atoms with van der Waals surface area (Å²) in [6.45, 7) is 0. The Bertz CT molecular complexity index is 545. The first-order valence-electron chi connectivity index (χ1n) is 6.40. The lowest BCUT2D eigenvalue weighted by atomic mass is 9.81. The molecule has 18 heavy (non-hydrogen) atoms. The topological polar surface area (TPSA) is 45.8 Å². The molecular formula is C15H16N2O. The summed E-state index contributed by atoms with van der Waals surface area (Å²) >= 11 is 0. The third-order valence-electron chi connectivity index (χ3n) is 3.70.